The van der Waals surface area contributed by atoms with Crippen molar-refractivity contribution in [1.29, 1.82) is 0 Å². The van der Waals surface area contributed by atoms with Crippen molar-refractivity contribution in [2.45, 2.75) is 0 Å². The second-order valence-electron chi connectivity index (χ2n) is 4.16. The number of hydrogen-bond donors (Lipinski definition) is 2. The standard InChI is InChI=1S/C14H11Cl2FN2O2/c1-21-8-2-3-11(17)12(6-8)19-14(20)9-4-7(18)5-10(15)13(9)16/h2-6H,18H2,1H3,(H,19,20). The van der Waals surface area contributed by atoms with Gasteiger partial charge in [0.05, 0.1) is 28.4 Å². The number of carbonyl (C=O) groups is 1. The first-order chi connectivity index (χ1) is 9.92. The molecule has 1 amide bonds. The summed E-state index contributed by atoms with van der Waals surface area (Å²) in [5.41, 5.74) is 5.92. The molecule has 0 heterocycles. The molecule has 0 atom stereocenters. The van der Waals surface area contributed by atoms with Crippen LogP contribution < -0.4 is 15.8 Å². The van der Waals surface area contributed by atoms with Gasteiger partial charge in [-0.1, -0.05) is 23.2 Å². The van der Waals surface area contributed by atoms with Gasteiger partial charge in [-0.05, 0) is 24.3 Å². The summed E-state index contributed by atoms with van der Waals surface area (Å²) in [7, 11) is 1.44. The summed E-state index contributed by atoms with van der Waals surface area (Å²) in [5.74, 6) is -0.819. The number of ether oxygens (including phenoxy) is 1. The Labute approximate surface area is 130 Å². The molecule has 0 aliphatic heterocycles. The first kappa shape index (κ1) is 15.4. The Bertz CT molecular complexity index is 708. The zero-order valence-electron chi connectivity index (χ0n) is 10.9. The Balaban J connectivity index is 2.34. The number of halogens is 3. The molecule has 3 N–H and O–H groups in total. The van der Waals surface area contributed by atoms with Gasteiger partial charge in [0.25, 0.3) is 5.91 Å². The summed E-state index contributed by atoms with van der Waals surface area (Å²) >= 11 is 11.8. The minimum Gasteiger partial charge on any atom is -0.497 e. The lowest BCUT2D eigenvalue weighted by atomic mass is 10.1. The van der Waals surface area contributed by atoms with E-state index in [-0.39, 0.29) is 27.0 Å². The zero-order valence-corrected chi connectivity index (χ0v) is 12.4. The van der Waals surface area contributed by atoms with Crippen LogP contribution in [0.1, 0.15) is 10.4 Å². The minimum atomic E-state index is -0.624. The molecular formula is C14H11Cl2FN2O2. The highest BCUT2D eigenvalue weighted by Gasteiger charge is 2.16. The molecule has 0 bridgehead atoms. The van der Waals surface area contributed by atoms with Crippen molar-refractivity contribution < 1.29 is 13.9 Å². The normalized spacial score (nSPS) is 10.3. The van der Waals surface area contributed by atoms with Gasteiger partial charge in [0, 0.05) is 11.8 Å². The number of amides is 1. The Morgan fingerprint density at radius 1 is 1.29 bits per heavy atom. The van der Waals surface area contributed by atoms with Crippen LogP contribution in [0.3, 0.4) is 0 Å². The molecule has 2 rings (SSSR count). The highest BCUT2D eigenvalue weighted by Crippen LogP contribution is 2.30. The molecule has 0 aliphatic carbocycles. The lowest BCUT2D eigenvalue weighted by molar-refractivity contribution is 0.102. The molecule has 0 unspecified atom stereocenters. The molecule has 0 fully saturated rings. The molecule has 2 aromatic carbocycles. The van der Waals surface area contributed by atoms with Crippen molar-refractivity contribution in [3.05, 3.63) is 51.8 Å². The molecule has 21 heavy (non-hydrogen) atoms. The number of nitrogen functional groups attached to an aromatic ring is 1. The molecule has 2 aromatic rings. The van der Waals surface area contributed by atoms with Gasteiger partial charge >= 0.3 is 0 Å². The fraction of sp³-hybridized carbons (Fsp3) is 0.0714. The maximum absolute atomic E-state index is 13.7. The minimum absolute atomic E-state index is 0.0334. The van der Waals surface area contributed by atoms with Crippen molar-refractivity contribution in [2.75, 3.05) is 18.2 Å². The average Bonchev–Trinajstić information content (AvgIpc) is 2.45. The van der Waals surface area contributed by atoms with Crippen LogP contribution in [-0.2, 0) is 0 Å². The molecule has 0 saturated carbocycles. The van der Waals surface area contributed by atoms with E-state index in [1.165, 1.54) is 37.4 Å². The summed E-state index contributed by atoms with van der Waals surface area (Å²) in [6.45, 7) is 0. The van der Waals surface area contributed by atoms with E-state index in [1.807, 2.05) is 0 Å². The van der Waals surface area contributed by atoms with Crippen LogP contribution >= 0.6 is 23.2 Å². The molecule has 0 aromatic heterocycles. The zero-order chi connectivity index (χ0) is 15.6. The third-order valence-electron chi connectivity index (χ3n) is 2.72. The predicted octanol–water partition coefficient (Wildman–Crippen LogP) is 3.98. The van der Waals surface area contributed by atoms with E-state index >= 15 is 0 Å². The van der Waals surface area contributed by atoms with E-state index in [4.69, 9.17) is 33.7 Å². The summed E-state index contributed by atoms with van der Waals surface area (Å²) in [4.78, 5) is 12.2. The van der Waals surface area contributed by atoms with Gasteiger partial charge in [-0.3, -0.25) is 4.79 Å². The van der Waals surface area contributed by atoms with Crippen LogP contribution in [0.15, 0.2) is 30.3 Å². The number of rotatable bonds is 3. The summed E-state index contributed by atoms with van der Waals surface area (Å²) in [6, 6.07) is 6.77. The van der Waals surface area contributed by atoms with Gasteiger partial charge in [0.1, 0.15) is 11.6 Å². The van der Waals surface area contributed by atoms with Crippen molar-refractivity contribution in [3.63, 3.8) is 0 Å². The maximum Gasteiger partial charge on any atom is 0.257 e. The molecule has 7 heteroatoms. The Hall–Kier alpha value is -1.98. The second kappa shape index (κ2) is 6.20. The van der Waals surface area contributed by atoms with Crippen molar-refractivity contribution >= 4 is 40.5 Å². The van der Waals surface area contributed by atoms with E-state index in [1.54, 1.807) is 0 Å². The molecule has 0 saturated heterocycles. The summed E-state index contributed by atoms with van der Waals surface area (Å²) < 4.78 is 18.7. The topological polar surface area (TPSA) is 64.3 Å². The molecule has 110 valence electrons. The first-order valence-electron chi connectivity index (χ1n) is 5.81. The van der Waals surface area contributed by atoms with Crippen LogP contribution in [0.4, 0.5) is 15.8 Å². The Kier molecular flexibility index (Phi) is 4.55. The molecule has 0 aliphatic rings. The van der Waals surface area contributed by atoms with Gasteiger partial charge in [-0.2, -0.15) is 0 Å². The van der Waals surface area contributed by atoms with Crippen molar-refractivity contribution in [3.8, 4) is 5.75 Å². The van der Waals surface area contributed by atoms with Gasteiger partial charge in [0.15, 0.2) is 0 Å². The highest BCUT2D eigenvalue weighted by atomic mass is 35.5. The van der Waals surface area contributed by atoms with Crippen LogP contribution in [-0.4, -0.2) is 13.0 Å². The first-order valence-corrected chi connectivity index (χ1v) is 6.57. The van der Waals surface area contributed by atoms with E-state index < -0.39 is 11.7 Å². The second-order valence-corrected chi connectivity index (χ2v) is 4.95. The molecule has 0 spiro atoms. The smallest absolute Gasteiger partial charge is 0.257 e. The largest absolute Gasteiger partial charge is 0.497 e. The summed E-state index contributed by atoms with van der Waals surface area (Å²) in [5, 5.41) is 2.60. The van der Waals surface area contributed by atoms with Crippen molar-refractivity contribution in [1.82, 2.24) is 0 Å². The third-order valence-corrected chi connectivity index (χ3v) is 3.52. The molecule has 0 radical (unpaired) electrons. The maximum atomic E-state index is 13.7. The number of hydrogen-bond acceptors (Lipinski definition) is 3. The van der Waals surface area contributed by atoms with Crippen LogP contribution in [0, 0.1) is 5.82 Å². The number of carbonyl (C=O) groups excluding carboxylic acids is 1. The van der Waals surface area contributed by atoms with Crippen LogP contribution in [0.5, 0.6) is 5.75 Å². The van der Waals surface area contributed by atoms with E-state index in [0.29, 0.717) is 5.75 Å². The van der Waals surface area contributed by atoms with Gasteiger partial charge in [0.2, 0.25) is 0 Å². The number of methoxy groups -OCH3 is 1. The fourth-order valence-corrected chi connectivity index (χ4v) is 2.11. The van der Waals surface area contributed by atoms with Crippen LogP contribution in [0.2, 0.25) is 10.0 Å². The quantitative estimate of drug-likeness (QED) is 0.837. The number of benzene rings is 2. The van der Waals surface area contributed by atoms with Gasteiger partial charge in [-0.15, -0.1) is 0 Å². The molecule has 4 nitrogen and oxygen atoms in total. The van der Waals surface area contributed by atoms with Crippen LogP contribution in [0.25, 0.3) is 0 Å². The van der Waals surface area contributed by atoms with E-state index in [0.717, 1.165) is 0 Å². The lowest BCUT2D eigenvalue weighted by Gasteiger charge is -2.10. The fourth-order valence-electron chi connectivity index (χ4n) is 1.69. The molecular weight excluding hydrogens is 318 g/mol. The van der Waals surface area contributed by atoms with Gasteiger partial charge < -0.3 is 15.8 Å². The average molecular weight is 329 g/mol. The number of nitrogens with one attached hydrogen (secondary N) is 1. The highest BCUT2D eigenvalue weighted by molar-refractivity contribution is 6.44. The van der Waals surface area contributed by atoms with E-state index in [2.05, 4.69) is 5.32 Å². The lowest BCUT2D eigenvalue weighted by Crippen LogP contribution is -2.14. The van der Waals surface area contributed by atoms with E-state index in [9.17, 15) is 9.18 Å². The van der Waals surface area contributed by atoms with Gasteiger partial charge in [-0.25, -0.2) is 4.39 Å². The SMILES string of the molecule is COc1ccc(F)c(NC(=O)c2cc(N)cc(Cl)c2Cl)c1. The number of anilines is 2. The third kappa shape index (κ3) is 3.37. The summed E-state index contributed by atoms with van der Waals surface area (Å²) in [6.07, 6.45) is 0. The van der Waals surface area contributed by atoms with Crippen molar-refractivity contribution in [2.24, 2.45) is 0 Å². The Morgan fingerprint density at radius 2 is 2.00 bits per heavy atom. The Morgan fingerprint density at radius 3 is 2.67 bits per heavy atom. The monoisotopic (exact) mass is 328 g/mol. The predicted molar refractivity (Wildman–Crippen MR) is 81.8 cm³/mol. The number of nitrogens with two attached hydrogens (primary N) is 1.